The molecule has 5 nitrogen and oxygen atoms in total. The second kappa shape index (κ2) is 5.40. The first kappa shape index (κ1) is 13.9. The molecule has 2 heterocycles. The van der Waals surface area contributed by atoms with Gasteiger partial charge in [-0.25, -0.2) is 4.39 Å². The number of aromatic nitrogens is 3. The predicted molar refractivity (Wildman–Crippen MR) is 72.6 cm³/mol. The van der Waals surface area contributed by atoms with Crippen molar-refractivity contribution in [3.05, 3.63) is 54.1 Å². The highest BCUT2D eigenvalue weighted by atomic mass is 19.2. The number of anilines is 1. The number of rotatable bonds is 3. The average molecular weight is 306 g/mol. The fraction of sp³-hybridized carbons (Fsp3) is 0. The molecule has 3 N–H and O–H groups in total. The molecule has 3 aromatic rings. The summed E-state index contributed by atoms with van der Waals surface area (Å²) >= 11 is 0. The number of nitrogens with two attached hydrogens (primary N) is 1. The van der Waals surface area contributed by atoms with Gasteiger partial charge in [-0.1, -0.05) is 6.07 Å². The minimum Gasteiger partial charge on any atom is -0.436 e. The van der Waals surface area contributed by atoms with Gasteiger partial charge in [-0.15, -0.1) is 0 Å². The maximum Gasteiger partial charge on any atom is 0.225 e. The summed E-state index contributed by atoms with van der Waals surface area (Å²) in [5.41, 5.74) is 6.24. The Hall–Kier alpha value is -3.03. The van der Waals surface area contributed by atoms with E-state index in [9.17, 15) is 13.2 Å². The Bertz CT molecular complexity index is 835. The molecule has 3 rings (SSSR count). The van der Waals surface area contributed by atoms with Crippen LogP contribution in [0.3, 0.4) is 0 Å². The van der Waals surface area contributed by atoms with Crippen molar-refractivity contribution in [2.45, 2.75) is 0 Å². The predicted octanol–water partition coefficient (Wildman–Crippen LogP) is 3.26. The second-order valence-corrected chi connectivity index (χ2v) is 4.34. The maximum absolute atomic E-state index is 14.0. The zero-order valence-electron chi connectivity index (χ0n) is 11.0. The average Bonchev–Trinajstić information content (AvgIpc) is 2.90. The van der Waals surface area contributed by atoms with Gasteiger partial charge in [0, 0.05) is 6.07 Å². The van der Waals surface area contributed by atoms with Crippen molar-refractivity contribution in [2.24, 2.45) is 0 Å². The van der Waals surface area contributed by atoms with Crippen LogP contribution in [0.25, 0.3) is 11.3 Å². The van der Waals surface area contributed by atoms with Gasteiger partial charge in [0.15, 0.2) is 11.6 Å². The molecule has 0 bridgehead atoms. The molecule has 0 atom stereocenters. The van der Waals surface area contributed by atoms with Gasteiger partial charge >= 0.3 is 0 Å². The van der Waals surface area contributed by atoms with Gasteiger partial charge in [0.25, 0.3) is 0 Å². The third-order valence-electron chi connectivity index (χ3n) is 2.89. The number of H-pyrrole nitrogens is 1. The Labute approximate surface area is 122 Å². The molecule has 0 radical (unpaired) electrons. The largest absolute Gasteiger partial charge is 0.436 e. The quantitative estimate of drug-likeness (QED) is 0.728. The highest BCUT2D eigenvalue weighted by Crippen LogP contribution is 2.29. The van der Waals surface area contributed by atoms with Crippen LogP contribution in [-0.2, 0) is 0 Å². The van der Waals surface area contributed by atoms with Crippen LogP contribution in [0.15, 0.2) is 36.5 Å². The van der Waals surface area contributed by atoms with Crippen molar-refractivity contribution in [1.82, 2.24) is 15.2 Å². The van der Waals surface area contributed by atoms with Crippen LogP contribution in [-0.4, -0.2) is 15.2 Å². The molecule has 0 aliphatic rings. The summed E-state index contributed by atoms with van der Waals surface area (Å²) in [5, 5.41) is 6.23. The van der Waals surface area contributed by atoms with Gasteiger partial charge in [0.05, 0.1) is 23.1 Å². The van der Waals surface area contributed by atoms with Gasteiger partial charge in [-0.3, -0.25) is 5.10 Å². The zero-order chi connectivity index (χ0) is 15.7. The fourth-order valence-electron chi connectivity index (χ4n) is 1.85. The first-order valence-electron chi connectivity index (χ1n) is 6.14. The number of hydrogen-bond donors (Lipinski definition) is 2. The summed E-state index contributed by atoms with van der Waals surface area (Å²) in [5.74, 6) is -3.73. The van der Waals surface area contributed by atoms with E-state index in [1.54, 1.807) is 0 Å². The Balaban J connectivity index is 1.93. The number of aromatic amines is 1. The van der Waals surface area contributed by atoms with Crippen LogP contribution in [0.1, 0.15) is 0 Å². The third kappa shape index (κ3) is 2.46. The van der Waals surface area contributed by atoms with E-state index in [2.05, 4.69) is 15.2 Å². The molecule has 0 saturated carbocycles. The lowest BCUT2D eigenvalue weighted by atomic mass is 10.2. The van der Waals surface area contributed by atoms with Crippen LogP contribution in [0.5, 0.6) is 11.6 Å². The number of benzene rings is 1. The van der Waals surface area contributed by atoms with E-state index >= 15 is 0 Å². The van der Waals surface area contributed by atoms with E-state index in [4.69, 9.17) is 10.5 Å². The molecule has 0 fully saturated rings. The highest BCUT2D eigenvalue weighted by Gasteiger charge is 2.15. The van der Waals surface area contributed by atoms with Crippen molar-refractivity contribution in [2.75, 3.05) is 5.73 Å². The second-order valence-electron chi connectivity index (χ2n) is 4.34. The zero-order valence-corrected chi connectivity index (χ0v) is 11.0. The van der Waals surface area contributed by atoms with Crippen molar-refractivity contribution < 1.29 is 17.9 Å². The Kier molecular flexibility index (Phi) is 3.42. The number of nitrogens with zero attached hydrogens (tertiary/aromatic N) is 2. The Morgan fingerprint density at radius 2 is 1.91 bits per heavy atom. The Morgan fingerprint density at radius 1 is 1.09 bits per heavy atom. The lowest BCUT2D eigenvalue weighted by Gasteiger charge is -2.07. The highest BCUT2D eigenvalue weighted by molar-refractivity contribution is 5.71. The van der Waals surface area contributed by atoms with E-state index in [0.717, 1.165) is 6.07 Å². The molecule has 112 valence electrons. The number of hydrogen-bond acceptors (Lipinski definition) is 4. The topological polar surface area (TPSA) is 76.8 Å². The van der Waals surface area contributed by atoms with Gasteiger partial charge in [-0.2, -0.15) is 18.9 Å². The molecule has 2 aromatic heterocycles. The number of nitrogens with one attached hydrogen (secondary N) is 1. The van der Waals surface area contributed by atoms with Gasteiger partial charge in [0.2, 0.25) is 17.6 Å². The standard InChI is InChI=1S/C14H9F3N4O/c15-8-2-1-3-10(12(8)16)22-11-5-4-7(14(17)20-11)13-9(18)6-19-21-13/h1-6H,18H2,(H,19,21). The molecule has 1 aromatic carbocycles. The summed E-state index contributed by atoms with van der Waals surface area (Å²) in [6, 6.07) is 6.07. The van der Waals surface area contributed by atoms with E-state index in [-0.39, 0.29) is 28.6 Å². The van der Waals surface area contributed by atoms with Crippen molar-refractivity contribution in [3.63, 3.8) is 0 Å². The minimum absolute atomic E-state index is 0.0852. The number of halogens is 3. The van der Waals surface area contributed by atoms with Crippen molar-refractivity contribution in [1.29, 1.82) is 0 Å². The minimum atomic E-state index is -1.17. The molecule has 0 amide bonds. The smallest absolute Gasteiger partial charge is 0.225 e. The normalized spacial score (nSPS) is 10.7. The lowest BCUT2D eigenvalue weighted by molar-refractivity contribution is 0.398. The molecule has 0 aliphatic heterocycles. The summed E-state index contributed by atoms with van der Waals surface area (Å²) in [6.07, 6.45) is 1.33. The molecule has 0 spiro atoms. The van der Waals surface area contributed by atoms with E-state index in [1.165, 1.54) is 30.5 Å². The van der Waals surface area contributed by atoms with Crippen LogP contribution in [0.2, 0.25) is 0 Å². The summed E-state index contributed by atoms with van der Waals surface area (Å²) in [4.78, 5) is 3.55. The van der Waals surface area contributed by atoms with Crippen LogP contribution >= 0.6 is 0 Å². The van der Waals surface area contributed by atoms with Crippen LogP contribution < -0.4 is 10.5 Å². The molecular weight excluding hydrogens is 297 g/mol. The summed E-state index contributed by atoms with van der Waals surface area (Å²) < 4.78 is 45.6. The van der Waals surface area contributed by atoms with E-state index < -0.39 is 17.6 Å². The molecule has 0 unspecified atom stereocenters. The third-order valence-corrected chi connectivity index (χ3v) is 2.89. The number of nitrogen functional groups attached to an aromatic ring is 1. The molecule has 8 heteroatoms. The van der Waals surface area contributed by atoms with E-state index in [0.29, 0.717) is 0 Å². The van der Waals surface area contributed by atoms with Crippen LogP contribution in [0, 0.1) is 17.6 Å². The Morgan fingerprint density at radius 3 is 2.59 bits per heavy atom. The van der Waals surface area contributed by atoms with Gasteiger partial charge in [0.1, 0.15) is 0 Å². The molecule has 22 heavy (non-hydrogen) atoms. The fourth-order valence-corrected chi connectivity index (χ4v) is 1.85. The summed E-state index contributed by atoms with van der Waals surface area (Å²) in [7, 11) is 0. The number of ether oxygens (including phenoxy) is 1. The van der Waals surface area contributed by atoms with E-state index in [1.807, 2.05) is 0 Å². The SMILES string of the molecule is Nc1cn[nH]c1-c1ccc(Oc2cccc(F)c2F)nc1F. The van der Waals surface area contributed by atoms with Crippen molar-refractivity contribution >= 4 is 5.69 Å². The van der Waals surface area contributed by atoms with Crippen LogP contribution in [0.4, 0.5) is 18.9 Å². The number of pyridine rings is 1. The molecular formula is C14H9F3N4O. The first-order valence-corrected chi connectivity index (χ1v) is 6.14. The summed E-state index contributed by atoms with van der Waals surface area (Å²) in [6.45, 7) is 0. The lowest BCUT2D eigenvalue weighted by Crippen LogP contribution is -1.97. The molecule has 0 saturated heterocycles. The monoisotopic (exact) mass is 306 g/mol. The molecule has 0 aliphatic carbocycles. The van der Waals surface area contributed by atoms with Gasteiger partial charge in [-0.05, 0) is 18.2 Å². The maximum atomic E-state index is 14.0. The first-order chi connectivity index (χ1) is 10.6. The van der Waals surface area contributed by atoms with Gasteiger partial charge < -0.3 is 10.5 Å². The van der Waals surface area contributed by atoms with Crippen molar-refractivity contribution in [3.8, 4) is 22.9 Å².